The molecule has 0 aliphatic rings. The van der Waals surface area contributed by atoms with Crippen molar-refractivity contribution in [2.24, 2.45) is 0 Å². The SMILES string of the molecule is COc1cc([N+](=O)[O-])ccc1NC(C)c1sccc1Br. The fourth-order valence-electron chi connectivity index (χ4n) is 1.83. The van der Waals surface area contributed by atoms with Gasteiger partial charge >= 0.3 is 0 Å². The number of nitro groups is 1. The van der Waals surface area contributed by atoms with E-state index in [0.717, 1.165) is 15.0 Å². The number of nitro benzene ring substituents is 1. The number of non-ortho nitro benzene ring substituents is 1. The molecule has 0 fully saturated rings. The Balaban J connectivity index is 2.25. The molecule has 1 aromatic heterocycles. The molecule has 1 heterocycles. The van der Waals surface area contributed by atoms with Gasteiger partial charge in [0.25, 0.3) is 5.69 Å². The quantitative estimate of drug-likeness (QED) is 0.627. The van der Waals surface area contributed by atoms with Crippen molar-refractivity contribution in [1.82, 2.24) is 0 Å². The fraction of sp³-hybridized carbons (Fsp3) is 0.231. The molecule has 106 valence electrons. The second-order valence-electron chi connectivity index (χ2n) is 4.14. The van der Waals surface area contributed by atoms with Gasteiger partial charge in [-0.25, -0.2) is 0 Å². The summed E-state index contributed by atoms with van der Waals surface area (Å²) in [6.45, 7) is 2.03. The lowest BCUT2D eigenvalue weighted by Crippen LogP contribution is -2.07. The Morgan fingerprint density at radius 2 is 2.20 bits per heavy atom. The zero-order chi connectivity index (χ0) is 14.7. The Hall–Kier alpha value is -1.60. The average molecular weight is 357 g/mol. The van der Waals surface area contributed by atoms with E-state index < -0.39 is 4.92 Å². The van der Waals surface area contributed by atoms with Crippen molar-refractivity contribution in [2.75, 3.05) is 12.4 Å². The molecule has 0 saturated heterocycles. The highest BCUT2D eigenvalue weighted by Gasteiger charge is 2.15. The molecule has 0 saturated carbocycles. The normalized spacial score (nSPS) is 11.9. The lowest BCUT2D eigenvalue weighted by atomic mass is 10.2. The minimum atomic E-state index is -0.439. The van der Waals surface area contributed by atoms with Crippen LogP contribution in [0.5, 0.6) is 5.75 Å². The Kier molecular flexibility index (Phi) is 4.61. The number of ether oxygens (including phenoxy) is 1. The van der Waals surface area contributed by atoms with Crippen molar-refractivity contribution in [2.45, 2.75) is 13.0 Å². The van der Waals surface area contributed by atoms with Crippen LogP contribution < -0.4 is 10.1 Å². The second-order valence-corrected chi connectivity index (χ2v) is 5.94. The summed E-state index contributed by atoms with van der Waals surface area (Å²) < 4.78 is 6.25. The largest absolute Gasteiger partial charge is 0.494 e. The maximum Gasteiger partial charge on any atom is 0.273 e. The van der Waals surface area contributed by atoms with Crippen molar-refractivity contribution >= 4 is 38.6 Å². The first-order valence-corrected chi connectivity index (χ1v) is 7.52. The van der Waals surface area contributed by atoms with Crippen molar-refractivity contribution in [3.8, 4) is 5.75 Å². The van der Waals surface area contributed by atoms with E-state index in [1.807, 2.05) is 18.4 Å². The van der Waals surface area contributed by atoms with Gasteiger partial charge in [0, 0.05) is 15.4 Å². The number of nitrogens with zero attached hydrogens (tertiary/aromatic N) is 1. The Bertz CT molecular complexity index is 630. The molecule has 1 unspecified atom stereocenters. The Morgan fingerprint density at radius 3 is 2.75 bits per heavy atom. The van der Waals surface area contributed by atoms with Crippen LogP contribution in [0.15, 0.2) is 34.1 Å². The van der Waals surface area contributed by atoms with E-state index in [0.29, 0.717) is 5.75 Å². The number of thiophene rings is 1. The number of rotatable bonds is 5. The van der Waals surface area contributed by atoms with Crippen LogP contribution in [-0.2, 0) is 0 Å². The van der Waals surface area contributed by atoms with E-state index in [1.165, 1.54) is 19.2 Å². The van der Waals surface area contributed by atoms with E-state index in [9.17, 15) is 10.1 Å². The summed E-state index contributed by atoms with van der Waals surface area (Å²) in [4.78, 5) is 11.5. The van der Waals surface area contributed by atoms with Gasteiger partial charge in [0.05, 0.1) is 29.8 Å². The van der Waals surface area contributed by atoms with E-state index in [2.05, 4.69) is 21.2 Å². The number of hydrogen-bond donors (Lipinski definition) is 1. The molecule has 5 nitrogen and oxygen atoms in total. The molecule has 2 rings (SSSR count). The van der Waals surface area contributed by atoms with Crippen LogP contribution >= 0.6 is 27.3 Å². The lowest BCUT2D eigenvalue weighted by Gasteiger charge is -2.16. The predicted octanol–water partition coefficient (Wildman–Crippen LogP) is 4.60. The highest BCUT2D eigenvalue weighted by atomic mass is 79.9. The predicted molar refractivity (Wildman–Crippen MR) is 83.7 cm³/mol. The van der Waals surface area contributed by atoms with Crippen LogP contribution in [0, 0.1) is 10.1 Å². The second kappa shape index (κ2) is 6.23. The summed E-state index contributed by atoms with van der Waals surface area (Å²) >= 11 is 5.14. The highest BCUT2D eigenvalue weighted by Crippen LogP contribution is 2.35. The monoisotopic (exact) mass is 356 g/mol. The summed E-state index contributed by atoms with van der Waals surface area (Å²) in [6, 6.07) is 6.60. The maximum absolute atomic E-state index is 10.8. The van der Waals surface area contributed by atoms with Gasteiger partial charge in [0.1, 0.15) is 5.75 Å². The molecule has 0 spiro atoms. The Labute approximate surface area is 128 Å². The van der Waals surface area contributed by atoms with Gasteiger partial charge in [0.15, 0.2) is 0 Å². The molecular weight excluding hydrogens is 344 g/mol. The number of hydrogen-bond acceptors (Lipinski definition) is 5. The van der Waals surface area contributed by atoms with Crippen molar-refractivity contribution in [3.05, 3.63) is 49.1 Å². The van der Waals surface area contributed by atoms with E-state index >= 15 is 0 Å². The maximum atomic E-state index is 10.8. The molecule has 2 aromatic rings. The zero-order valence-electron chi connectivity index (χ0n) is 10.9. The summed E-state index contributed by atoms with van der Waals surface area (Å²) in [5.41, 5.74) is 0.739. The van der Waals surface area contributed by atoms with Gasteiger partial charge in [-0.2, -0.15) is 0 Å². The molecule has 1 aromatic carbocycles. The number of methoxy groups -OCH3 is 1. The van der Waals surface area contributed by atoms with Crippen LogP contribution in [0.4, 0.5) is 11.4 Å². The summed E-state index contributed by atoms with van der Waals surface area (Å²) in [7, 11) is 1.50. The molecule has 20 heavy (non-hydrogen) atoms. The van der Waals surface area contributed by atoms with Gasteiger partial charge in [-0.1, -0.05) is 0 Å². The Morgan fingerprint density at radius 1 is 1.45 bits per heavy atom. The first kappa shape index (κ1) is 14.8. The van der Waals surface area contributed by atoms with Crippen LogP contribution in [0.1, 0.15) is 17.8 Å². The van der Waals surface area contributed by atoms with E-state index in [4.69, 9.17) is 4.74 Å². The number of halogens is 1. The zero-order valence-corrected chi connectivity index (χ0v) is 13.3. The average Bonchev–Trinajstić information content (AvgIpc) is 2.85. The molecule has 0 radical (unpaired) electrons. The molecule has 0 aliphatic heterocycles. The topological polar surface area (TPSA) is 64.4 Å². The van der Waals surface area contributed by atoms with E-state index in [1.54, 1.807) is 17.4 Å². The van der Waals surface area contributed by atoms with Crippen LogP contribution in [0.25, 0.3) is 0 Å². The molecule has 1 N–H and O–H groups in total. The number of benzene rings is 1. The third kappa shape index (κ3) is 3.10. The molecule has 0 amide bonds. The minimum Gasteiger partial charge on any atom is -0.494 e. The van der Waals surface area contributed by atoms with E-state index in [-0.39, 0.29) is 11.7 Å². The first-order chi connectivity index (χ1) is 9.52. The first-order valence-electron chi connectivity index (χ1n) is 5.84. The van der Waals surface area contributed by atoms with Crippen LogP contribution in [0.2, 0.25) is 0 Å². The molecular formula is C13H13BrN2O3S. The molecule has 0 bridgehead atoms. The molecule has 1 atom stereocenters. The smallest absolute Gasteiger partial charge is 0.273 e. The summed E-state index contributed by atoms with van der Waals surface area (Å²) in [5.74, 6) is 0.457. The van der Waals surface area contributed by atoms with Crippen molar-refractivity contribution in [1.29, 1.82) is 0 Å². The molecule has 7 heteroatoms. The minimum absolute atomic E-state index is 0.0114. The van der Waals surface area contributed by atoms with Gasteiger partial charge in [0.2, 0.25) is 0 Å². The summed E-state index contributed by atoms with van der Waals surface area (Å²) in [5, 5.41) is 16.1. The number of anilines is 1. The van der Waals surface area contributed by atoms with Gasteiger partial charge in [-0.05, 0) is 40.4 Å². The van der Waals surface area contributed by atoms with Gasteiger partial charge in [-0.3, -0.25) is 10.1 Å². The van der Waals surface area contributed by atoms with Gasteiger partial charge < -0.3 is 10.1 Å². The van der Waals surface area contributed by atoms with Gasteiger partial charge in [-0.15, -0.1) is 11.3 Å². The fourth-order valence-corrected chi connectivity index (χ4v) is 3.55. The third-order valence-electron chi connectivity index (χ3n) is 2.81. The standard InChI is InChI=1S/C13H13BrN2O3S/c1-8(13-10(14)5-6-20-13)15-11-4-3-9(16(17)18)7-12(11)19-2/h3-8,15H,1-2H3. The molecule has 0 aliphatic carbocycles. The van der Waals surface area contributed by atoms with Crippen molar-refractivity contribution < 1.29 is 9.66 Å². The number of nitrogens with one attached hydrogen (secondary N) is 1. The third-order valence-corrected chi connectivity index (χ3v) is 4.86. The lowest BCUT2D eigenvalue weighted by molar-refractivity contribution is -0.384. The van der Waals surface area contributed by atoms with Crippen LogP contribution in [-0.4, -0.2) is 12.0 Å². The summed E-state index contributed by atoms with van der Waals surface area (Å²) in [6.07, 6.45) is 0. The van der Waals surface area contributed by atoms with Crippen molar-refractivity contribution in [3.63, 3.8) is 0 Å². The van der Waals surface area contributed by atoms with Crippen LogP contribution in [0.3, 0.4) is 0 Å². The highest BCUT2D eigenvalue weighted by molar-refractivity contribution is 9.10.